The van der Waals surface area contributed by atoms with Gasteiger partial charge in [0, 0.05) is 44.9 Å². The zero-order chi connectivity index (χ0) is 18.3. The number of carbonyl (C=O) groups excluding carboxylic acids is 1. The van der Waals surface area contributed by atoms with E-state index in [0.717, 1.165) is 29.8 Å². The van der Waals surface area contributed by atoms with Crippen LogP contribution in [0.4, 0.5) is 5.69 Å². The van der Waals surface area contributed by atoms with Crippen LogP contribution < -0.4 is 4.90 Å². The van der Waals surface area contributed by atoms with E-state index in [2.05, 4.69) is 64.1 Å². The molecule has 0 spiro atoms. The molecule has 0 atom stereocenters. The van der Waals surface area contributed by atoms with Gasteiger partial charge in [-0.2, -0.15) is 6.42 Å². The third kappa shape index (κ3) is 6.76. The van der Waals surface area contributed by atoms with E-state index in [9.17, 15) is 4.79 Å². The summed E-state index contributed by atoms with van der Waals surface area (Å²) in [6, 6.07) is 12.2. The van der Waals surface area contributed by atoms with Crippen molar-refractivity contribution in [2.75, 3.05) is 11.4 Å². The first kappa shape index (κ1) is 23.3. The van der Waals surface area contributed by atoms with E-state index in [0.29, 0.717) is 6.54 Å². The fraction of sp³-hybridized carbons (Fsp3) is 0.364. The number of unbranched alkanes of at least 4 members (excludes halogenated alkanes) is 1. The summed E-state index contributed by atoms with van der Waals surface area (Å²) in [7, 11) is 0. The monoisotopic (exact) mass is 443 g/mol. The number of rotatable bonds is 7. The minimum absolute atomic E-state index is 0. The molecule has 0 aliphatic carbocycles. The summed E-state index contributed by atoms with van der Waals surface area (Å²) in [6.45, 7) is 11.1. The molecule has 0 N–H and O–H groups in total. The number of benzene rings is 1. The zero-order valence-corrected chi connectivity index (χ0v) is 19.7. The van der Waals surface area contributed by atoms with Crippen molar-refractivity contribution in [3.05, 3.63) is 71.3 Å². The number of hydrogen-bond donors (Lipinski definition) is 0. The molecule has 2 nitrogen and oxygen atoms in total. The minimum Gasteiger partial charge on any atom is -0.343 e. The molecule has 0 fully saturated rings. The van der Waals surface area contributed by atoms with Gasteiger partial charge in [0.1, 0.15) is 0 Å². The quantitative estimate of drug-likeness (QED) is 0.366. The maximum atomic E-state index is 12.9. The Bertz CT molecular complexity index is 684. The van der Waals surface area contributed by atoms with Crippen molar-refractivity contribution in [3.63, 3.8) is 0 Å². The van der Waals surface area contributed by atoms with Crippen molar-refractivity contribution < 1.29 is 37.5 Å². The molecule has 2 aromatic rings. The van der Waals surface area contributed by atoms with E-state index in [1.165, 1.54) is 16.9 Å². The van der Waals surface area contributed by atoms with Crippen LogP contribution >= 0.6 is 11.3 Å². The predicted octanol–water partition coefficient (Wildman–Crippen LogP) is 6.25. The van der Waals surface area contributed by atoms with E-state index in [1.54, 1.807) is 0 Å². The van der Waals surface area contributed by atoms with Crippen LogP contribution in [0, 0.1) is 6.92 Å². The van der Waals surface area contributed by atoms with Gasteiger partial charge in [-0.3, -0.25) is 4.79 Å². The number of amides is 1. The Labute approximate surface area is 187 Å². The first-order valence-corrected chi connectivity index (χ1v) is 9.71. The zero-order valence-electron chi connectivity index (χ0n) is 16.1. The molecule has 137 valence electrons. The van der Waals surface area contributed by atoms with Crippen LogP contribution in [0.5, 0.6) is 0 Å². The number of allylic oxidation sites excluding steroid dienone is 1. The van der Waals surface area contributed by atoms with E-state index in [4.69, 9.17) is 0 Å². The third-order valence-corrected chi connectivity index (χ3v) is 4.94. The number of nitrogens with zero attached hydrogens (tertiary/aromatic N) is 1. The van der Waals surface area contributed by atoms with Crippen LogP contribution in [0.15, 0.2) is 53.9 Å². The summed E-state index contributed by atoms with van der Waals surface area (Å²) in [4.78, 5) is 15.6. The van der Waals surface area contributed by atoms with Crippen molar-refractivity contribution in [1.82, 2.24) is 0 Å². The average Bonchev–Trinajstić information content (AvgIpc) is 3.11. The van der Waals surface area contributed by atoms with E-state index < -0.39 is 0 Å². The van der Waals surface area contributed by atoms with Crippen LogP contribution in [0.3, 0.4) is 0 Å². The van der Waals surface area contributed by atoms with Gasteiger partial charge in [0.25, 0.3) is 5.91 Å². The van der Waals surface area contributed by atoms with Gasteiger partial charge in [-0.25, -0.2) is 0 Å². The molecule has 1 aromatic heterocycles. The van der Waals surface area contributed by atoms with Gasteiger partial charge >= 0.3 is 0 Å². The summed E-state index contributed by atoms with van der Waals surface area (Å²) in [6.07, 6.45) is 7.02. The first-order chi connectivity index (χ1) is 11.9. The predicted molar refractivity (Wildman–Crippen MR) is 109 cm³/mol. The average molecular weight is 443 g/mol. The number of carbonyl (C=O) groups is 1. The van der Waals surface area contributed by atoms with Gasteiger partial charge in [-0.05, 0) is 41.0 Å². The molecule has 0 unspecified atom stereocenters. The fourth-order valence-electron chi connectivity index (χ4n) is 2.58. The molecular formula is C22H28NOSY-. The van der Waals surface area contributed by atoms with Gasteiger partial charge in [0.15, 0.2) is 0 Å². The van der Waals surface area contributed by atoms with Crippen LogP contribution in [0.2, 0.25) is 0 Å². The number of thiophene rings is 1. The van der Waals surface area contributed by atoms with Crippen LogP contribution in [0.1, 0.15) is 55.3 Å². The molecule has 1 heterocycles. The fourth-order valence-corrected chi connectivity index (χ4v) is 3.25. The number of hydrogen-bond acceptors (Lipinski definition) is 2. The van der Waals surface area contributed by atoms with Crippen molar-refractivity contribution >= 4 is 22.9 Å². The SMILES string of the molecule is [CH2-]CC/C=C\CCN(C(=O)c1cccs1)c1ccc(C(C)(C)C)cc1.[Y]. The molecule has 1 amide bonds. The van der Waals surface area contributed by atoms with Crippen LogP contribution in [-0.4, -0.2) is 12.5 Å². The molecule has 0 aliphatic rings. The molecule has 2 rings (SSSR count). The van der Waals surface area contributed by atoms with Crippen molar-refractivity contribution in [2.24, 2.45) is 0 Å². The maximum Gasteiger partial charge on any atom is 0.268 e. The second-order valence-electron chi connectivity index (χ2n) is 7.13. The third-order valence-electron chi connectivity index (χ3n) is 4.08. The molecule has 0 bridgehead atoms. The molecule has 4 heteroatoms. The van der Waals surface area contributed by atoms with Gasteiger partial charge < -0.3 is 11.8 Å². The Balaban J connectivity index is 0.00000338. The van der Waals surface area contributed by atoms with E-state index in [1.807, 2.05) is 22.4 Å². The van der Waals surface area contributed by atoms with Gasteiger partial charge in [0.05, 0.1) is 4.88 Å². The summed E-state index contributed by atoms with van der Waals surface area (Å²) in [5, 5.41) is 1.95. The van der Waals surface area contributed by atoms with Crippen molar-refractivity contribution in [3.8, 4) is 0 Å². The summed E-state index contributed by atoms with van der Waals surface area (Å²) < 4.78 is 0. The summed E-state index contributed by atoms with van der Waals surface area (Å²) in [5.74, 6) is 0.0732. The number of anilines is 1. The topological polar surface area (TPSA) is 20.3 Å². The summed E-state index contributed by atoms with van der Waals surface area (Å²) in [5.41, 5.74) is 2.34. The van der Waals surface area contributed by atoms with E-state index in [-0.39, 0.29) is 44.0 Å². The van der Waals surface area contributed by atoms with Gasteiger partial charge in [-0.1, -0.05) is 57.5 Å². The second-order valence-corrected chi connectivity index (χ2v) is 8.08. The standard InChI is InChI=1S/C22H28NOS.Y/c1-5-6-7-8-9-16-23(21(24)20-11-10-17-25-20)19-14-12-18(13-15-19)22(2,3)4;/h7-8,10-15,17H,1,5-6,9,16H2,2-4H3;/q-1;/b8-7-;. The molecule has 26 heavy (non-hydrogen) atoms. The first-order valence-electron chi connectivity index (χ1n) is 8.83. The van der Waals surface area contributed by atoms with Crippen LogP contribution in [-0.2, 0) is 38.1 Å². The molecule has 0 saturated carbocycles. The van der Waals surface area contributed by atoms with Crippen molar-refractivity contribution in [1.29, 1.82) is 0 Å². The smallest absolute Gasteiger partial charge is 0.268 e. The molecule has 1 aromatic carbocycles. The van der Waals surface area contributed by atoms with Crippen molar-refractivity contribution in [2.45, 2.75) is 45.4 Å². The maximum absolute atomic E-state index is 12.9. The largest absolute Gasteiger partial charge is 0.343 e. The summed E-state index contributed by atoms with van der Waals surface area (Å²) >= 11 is 1.49. The Hall–Kier alpha value is -0.766. The van der Waals surface area contributed by atoms with E-state index >= 15 is 0 Å². The molecular weight excluding hydrogens is 415 g/mol. The van der Waals surface area contributed by atoms with Crippen LogP contribution in [0.25, 0.3) is 0 Å². The van der Waals surface area contributed by atoms with Gasteiger partial charge in [-0.15, -0.1) is 11.3 Å². The second kappa shape index (κ2) is 11.2. The minimum atomic E-state index is 0. The Morgan fingerprint density at radius 1 is 1.12 bits per heavy atom. The van der Waals surface area contributed by atoms with Gasteiger partial charge in [0.2, 0.25) is 0 Å². The Morgan fingerprint density at radius 3 is 2.31 bits per heavy atom. The molecule has 1 radical (unpaired) electrons. The normalized spacial score (nSPS) is 11.4. The Morgan fingerprint density at radius 2 is 1.77 bits per heavy atom. The molecule has 0 saturated heterocycles. The molecule has 0 aliphatic heterocycles. The Kier molecular flexibility index (Phi) is 9.99.